The van der Waals surface area contributed by atoms with Gasteiger partial charge in [-0.3, -0.25) is 4.79 Å². The summed E-state index contributed by atoms with van der Waals surface area (Å²) in [6.07, 6.45) is 20.3. The van der Waals surface area contributed by atoms with E-state index in [9.17, 15) is 24.9 Å². The summed E-state index contributed by atoms with van der Waals surface area (Å²) in [5.74, 6) is -1.30. The van der Waals surface area contributed by atoms with Crippen LogP contribution < -0.4 is 0 Å². The predicted octanol–water partition coefficient (Wildman–Crippen LogP) is 5.17. The van der Waals surface area contributed by atoms with E-state index >= 15 is 0 Å². The maximum Gasteiger partial charge on any atom is 0.331 e. The minimum atomic E-state index is -2.12. The second kappa shape index (κ2) is 11.8. The molecule has 1 unspecified atom stereocenters. The number of aliphatic hydroxyl groups excluding tert-OH is 2. The number of ketones is 1. The Kier molecular flexibility index (Phi) is 8.94. The average molecular weight is 551 g/mol. The SMILES string of the molecule is CCCCC/C=C/C=C/C=C/C=C/C(=O)O[C@H]1C(C)=CC23C(=O)[C@@H](C=C(CO)[C@@H](O)[C@]12O)[C@H]1[C@@H](C[C@H]3C)C1(C)C. The lowest BCUT2D eigenvalue weighted by atomic mass is 9.59. The molecule has 4 aliphatic carbocycles. The maximum absolute atomic E-state index is 14.3. The van der Waals surface area contributed by atoms with Gasteiger partial charge in [0.2, 0.25) is 0 Å². The number of unbranched alkanes of at least 4 members (excludes halogenated alkanes) is 3. The molecule has 2 fully saturated rings. The molecule has 0 aliphatic heterocycles. The first-order valence-electron chi connectivity index (χ1n) is 14.8. The average Bonchev–Trinajstić information content (AvgIpc) is 3.40. The smallest absolute Gasteiger partial charge is 0.331 e. The summed E-state index contributed by atoms with van der Waals surface area (Å²) in [4.78, 5) is 27.2. The largest absolute Gasteiger partial charge is 0.451 e. The summed E-state index contributed by atoms with van der Waals surface area (Å²) in [6, 6.07) is 0. The number of ether oxygens (including phenoxy) is 1. The highest BCUT2D eigenvalue weighted by atomic mass is 16.6. The van der Waals surface area contributed by atoms with Crippen LogP contribution in [0.4, 0.5) is 0 Å². The Bertz CT molecular complexity index is 1170. The van der Waals surface area contributed by atoms with Crippen LogP contribution in [0.5, 0.6) is 0 Å². The van der Waals surface area contributed by atoms with Gasteiger partial charge in [0.25, 0.3) is 0 Å². The normalized spacial score (nSPS) is 38.4. The van der Waals surface area contributed by atoms with Crippen molar-refractivity contribution in [3.8, 4) is 0 Å². The Morgan fingerprint density at radius 1 is 1.12 bits per heavy atom. The molecule has 40 heavy (non-hydrogen) atoms. The van der Waals surface area contributed by atoms with Crippen molar-refractivity contribution < 1.29 is 29.6 Å². The van der Waals surface area contributed by atoms with Crippen LogP contribution in [-0.4, -0.2) is 51.5 Å². The third kappa shape index (κ3) is 4.93. The van der Waals surface area contributed by atoms with Crippen molar-refractivity contribution in [1.29, 1.82) is 0 Å². The molecule has 8 atom stereocenters. The van der Waals surface area contributed by atoms with E-state index in [2.05, 4.69) is 26.8 Å². The van der Waals surface area contributed by atoms with Crippen LogP contribution in [0.1, 0.15) is 66.7 Å². The quantitative estimate of drug-likeness (QED) is 0.114. The number of hydrogen-bond acceptors (Lipinski definition) is 6. The molecule has 3 N–H and O–H groups in total. The molecule has 2 saturated carbocycles. The first-order chi connectivity index (χ1) is 19.0. The number of aliphatic hydroxyl groups is 3. The highest BCUT2D eigenvalue weighted by molar-refractivity contribution is 5.95. The molecule has 0 aromatic rings. The molecule has 2 bridgehead atoms. The van der Waals surface area contributed by atoms with Gasteiger partial charge in [0.05, 0.1) is 12.0 Å². The lowest BCUT2D eigenvalue weighted by molar-refractivity contribution is -0.201. The van der Waals surface area contributed by atoms with E-state index in [1.165, 1.54) is 25.3 Å². The number of allylic oxidation sites excluding steroid dienone is 8. The molecule has 0 aromatic heterocycles. The van der Waals surface area contributed by atoms with Gasteiger partial charge in [-0.2, -0.15) is 0 Å². The predicted molar refractivity (Wildman–Crippen MR) is 156 cm³/mol. The van der Waals surface area contributed by atoms with E-state index < -0.39 is 41.7 Å². The molecule has 0 radical (unpaired) electrons. The first-order valence-corrected chi connectivity index (χ1v) is 14.8. The topological polar surface area (TPSA) is 104 Å². The molecule has 0 amide bonds. The Morgan fingerprint density at radius 3 is 2.48 bits per heavy atom. The van der Waals surface area contributed by atoms with Gasteiger partial charge >= 0.3 is 5.97 Å². The highest BCUT2D eigenvalue weighted by Gasteiger charge is 2.76. The fraction of sp³-hybridized carbons (Fsp3) is 0.588. The van der Waals surface area contributed by atoms with Gasteiger partial charge in [-0.05, 0) is 60.5 Å². The van der Waals surface area contributed by atoms with Crippen molar-refractivity contribution >= 4 is 11.8 Å². The number of carbonyl (C=O) groups excluding carboxylic acids is 2. The van der Waals surface area contributed by atoms with Crippen molar-refractivity contribution in [2.24, 2.45) is 34.5 Å². The molecule has 1 spiro atoms. The Morgan fingerprint density at radius 2 is 1.80 bits per heavy atom. The minimum absolute atomic E-state index is 0.0394. The summed E-state index contributed by atoms with van der Waals surface area (Å²) in [7, 11) is 0. The lowest BCUT2D eigenvalue weighted by Crippen LogP contribution is -2.65. The molecular formula is C34H46O6. The van der Waals surface area contributed by atoms with Crippen LogP contribution >= 0.6 is 0 Å². The van der Waals surface area contributed by atoms with Crippen LogP contribution in [0.2, 0.25) is 0 Å². The number of carbonyl (C=O) groups is 2. The van der Waals surface area contributed by atoms with E-state index in [0.29, 0.717) is 17.9 Å². The number of rotatable bonds is 10. The molecule has 4 rings (SSSR count). The highest BCUT2D eigenvalue weighted by Crippen LogP contribution is 2.71. The van der Waals surface area contributed by atoms with E-state index in [4.69, 9.17) is 4.74 Å². The first kappa shape index (κ1) is 30.4. The second-order valence-corrected chi connectivity index (χ2v) is 12.7. The molecule has 6 heteroatoms. The lowest BCUT2D eigenvalue weighted by Gasteiger charge is -2.48. The van der Waals surface area contributed by atoms with E-state index in [0.717, 1.165) is 6.42 Å². The van der Waals surface area contributed by atoms with E-state index in [-0.39, 0.29) is 28.6 Å². The summed E-state index contributed by atoms with van der Waals surface area (Å²) in [5, 5.41) is 34.1. The van der Waals surface area contributed by atoms with Gasteiger partial charge in [-0.25, -0.2) is 4.79 Å². The standard InChI is InChI=1S/C34H46O6/c1-6-7-8-9-10-11-12-13-14-15-16-17-27(36)40-31-22(2)20-33-23(3)18-26-28(32(26,4)5)25(30(33)38)19-24(21-35)29(37)34(31,33)39/h10-17,19-20,23,25-26,28-29,31,35,37,39H,6-9,18,21H2,1-5H3/b11-10+,13-12+,15-14+,17-16+/t23-,25+,26-,28+,29-,31+,33?,34+/m1/s1. The zero-order chi connectivity index (χ0) is 29.3. The Labute approximate surface area is 238 Å². The van der Waals surface area contributed by atoms with Gasteiger partial charge in [-0.1, -0.05) is 95.2 Å². The van der Waals surface area contributed by atoms with Crippen LogP contribution in [0.25, 0.3) is 0 Å². The van der Waals surface area contributed by atoms with Crippen molar-refractivity contribution in [2.75, 3.05) is 6.61 Å². The van der Waals surface area contributed by atoms with Crippen molar-refractivity contribution in [2.45, 2.75) is 84.5 Å². The molecular weight excluding hydrogens is 504 g/mol. The summed E-state index contributed by atoms with van der Waals surface area (Å²) in [5.41, 5.74) is -2.86. The third-order valence-electron chi connectivity index (χ3n) is 10.0. The summed E-state index contributed by atoms with van der Waals surface area (Å²) >= 11 is 0. The summed E-state index contributed by atoms with van der Waals surface area (Å²) in [6.45, 7) is 9.66. The van der Waals surface area contributed by atoms with Crippen LogP contribution in [0.3, 0.4) is 0 Å². The van der Waals surface area contributed by atoms with Crippen molar-refractivity contribution in [3.63, 3.8) is 0 Å². The number of Topliss-reactive ketones (excluding diaryl/α,β-unsaturated/α-hetero) is 1. The van der Waals surface area contributed by atoms with Crippen LogP contribution in [-0.2, 0) is 14.3 Å². The maximum atomic E-state index is 14.3. The van der Waals surface area contributed by atoms with E-state index in [1.54, 1.807) is 37.3 Å². The fourth-order valence-corrected chi connectivity index (χ4v) is 7.83. The van der Waals surface area contributed by atoms with Gasteiger partial charge in [0.1, 0.15) is 6.10 Å². The van der Waals surface area contributed by atoms with Gasteiger partial charge < -0.3 is 20.1 Å². The molecule has 0 aromatic carbocycles. The molecule has 0 saturated heterocycles. The Hall–Kier alpha value is -2.54. The van der Waals surface area contributed by atoms with Gasteiger partial charge in [-0.15, -0.1) is 0 Å². The molecule has 6 nitrogen and oxygen atoms in total. The zero-order valence-electron chi connectivity index (χ0n) is 24.5. The minimum Gasteiger partial charge on any atom is -0.451 e. The van der Waals surface area contributed by atoms with Crippen LogP contribution in [0.15, 0.2) is 71.9 Å². The number of hydrogen-bond donors (Lipinski definition) is 3. The second-order valence-electron chi connectivity index (χ2n) is 12.7. The number of fused-ring (bicyclic) bond motifs is 3. The van der Waals surface area contributed by atoms with Gasteiger partial charge in [0, 0.05) is 12.0 Å². The monoisotopic (exact) mass is 550 g/mol. The van der Waals surface area contributed by atoms with Crippen LogP contribution in [0, 0.1) is 34.5 Å². The molecule has 218 valence electrons. The number of esters is 1. The molecule has 4 aliphatic rings. The van der Waals surface area contributed by atoms with Gasteiger partial charge in [0.15, 0.2) is 17.5 Å². The zero-order valence-corrected chi connectivity index (χ0v) is 24.5. The Balaban J connectivity index is 1.53. The fourth-order valence-electron chi connectivity index (χ4n) is 7.83. The molecule has 0 heterocycles. The van der Waals surface area contributed by atoms with Crippen molar-refractivity contribution in [3.05, 3.63) is 71.9 Å². The third-order valence-corrected chi connectivity index (χ3v) is 10.0. The summed E-state index contributed by atoms with van der Waals surface area (Å²) < 4.78 is 5.78. The van der Waals surface area contributed by atoms with E-state index in [1.807, 2.05) is 25.2 Å². The van der Waals surface area contributed by atoms with Crippen molar-refractivity contribution in [1.82, 2.24) is 0 Å².